The number of pyridine rings is 1. The highest BCUT2D eigenvalue weighted by Gasteiger charge is 2.23. The second-order valence-electron chi connectivity index (χ2n) is 6.90. The highest BCUT2D eigenvalue weighted by atomic mass is 32.2. The van der Waals surface area contributed by atoms with Crippen LogP contribution in [0.2, 0.25) is 0 Å². The predicted octanol–water partition coefficient (Wildman–Crippen LogP) is 4.14. The first kappa shape index (κ1) is 20.4. The first-order valence-electron chi connectivity index (χ1n) is 10.0. The van der Waals surface area contributed by atoms with Crippen molar-refractivity contribution in [3.8, 4) is 0 Å². The zero-order valence-corrected chi connectivity index (χ0v) is 17.5. The van der Waals surface area contributed by atoms with Gasteiger partial charge in [-0.2, -0.15) is 4.57 Å². The summed E-state index contributed by atoms with van der Waals surface area (Å²) in [6.45, 7) is 1.41. The molecule has 0 fully saturated rings. The van der Waals surface area contributed by atoms with Crippen LogP contribution in [0.15, 0.2) is 95.0 Å². The molecule has 0 radical (unpaired) electrons. The average Bonchev–Trinajstić information content (AvgIpc) is 3.13. The lowest BCUT2D eigenvalue weighted by Crippen LogP contribution is -2.36. The van der Waals surface area contributed by atoms with E-state index < -0.39 is 0 Å². The highest BCUT2D eigenvalue weighted by Crippen LogP contribution is 2.45. The van der Waals surface area contributed by atoms with E-state index in [0.29, 0.717) is 13.1 Å². The normalized spacial score (nSPS) is 15.1. The number of thioether (sulfide) groups is 1. The highest BCUT2D eigenvalue weighted by molar-refractivity contribution is 8.03. The number of aliphatic hydroxyl groups is 2. The molecule has 0 spiro atoms. The molecule has 0 atom stereocenters. The van der Waals surface area contributed by atoms with Crippen molar-refractivity contribution < 1.29 is 14.8 Å². The summed E-state index contributed by atoms with van der Waals surface area (Å²) in [5.74, 6) is 0. The second-order valence-corrected chi connectivity index (χ2v) is 7.96. The minimum atomic E-state index is 0.118. The number of nitrogens with zero attached hydrogens (tertiary/aromatic N) is 2. The maximum atomic E-state index is 9.42. The molecule has 5 heteroatoms. The number of benzene rings is 2. The Morgan fingerprint density at radius 2 is 1.73 bits per heavy atom. The third-order valence-corrected chi connectivity index (χ3v) is 6.13. The zero-order chi connectivity index (χ0) is 20.8. The van der Waals surface area contributed by atoms with Crippen LogP contribution in [0.4, 0.5) is 5.69 Å². The molecule has 30 heavy (non-hydrogen) atoms. The molecular formula is C25H25N2O2S+. The van der Waals surface area contributed by atoms with Crippen LogP contribution in [0.1, 0.15) is 5.56 Å². The van der Waals surface area contributed by atoms with Crippen molar-refractivity contribution in [1.82, 2.24) is 0 Å². The summed E-state index contributed by atoms with van der Waals surface area (Å²) >= 11 is 1.72. The van der Waals surface area contributed by atoms with Crippen LogP contribution >= 0.6 is 11.8 Å². The Morgan fingerprint density at radius 1 is 0.900 bits per heavy atom. The molecule has 4 nitrogen and oxygen atoms in total. The zero-order valence-electron chi connectivity index (χ0n) is 16.7. The predicted molar refractivity (Wildman–Crippen MR) is 124 cm³/mol. The molecule has 1 aromatic heterocycles. The summed E-state index contributed by atoms with van der Waals surface area (Å²) in [5.41, 5.74) is 3.40. The van der Waals surface area contributed by atoms with Crippen LogP contribution in [0.3, 0.4) is 0 Å². The van der Waals surface area contributed by atoms with Gasteiger partial charge in [0.25, 0.3) is 0 Å². The van der Waals surface area contributed by atoms with E-state index in [1.54, 1.807) is 11.8 Å². The topological polar surface area (TPSA) is 47.6 Å². The minimum Gasteiger partial charge on any atom is -0.395 e. The molecule has 0 bridgehead atoms. The van der Waals surface area contributed by atoms with Crippen LogP contribution in [-0.2, 0) is 6.54 Å². The minimum absolute atomic E-state index is 0.118. The Hall–Kier alpha value is -2.86. The second kappa shape index (κ2) is 9.76. The van der Waals surface area contributed by atoms with Crippen molar-refractivity contribution in [2.24, 2.45) is 0 Å². The molecule has 2 heterocycles. The first-order chi connectivity index (χ1) is 14.8. The largest absolute Gasteiger partial charge is 0.395 e. The van der Waals surface area contributed by atoms with Gasteiger partial charge in [-0.25, -0.2) is 0 Å². The van der Waals surface area contributed by atoms with Crippen molar-refractivity contribution in [2.45, 2.75) is 11.4 Å². The molecule has 0 amide bonds. The Morgan fingerprint density at radius 3 is 2.60 bits per heavy atom. The van der Waals surface area contributed by atoms with E-state index in [1.165, 1.54) is 4.90 Å². The molecule has 0 saturated heterocycles. The number of β-amino-alcohol motifs (C(OH)–C–C–N with tert-alkyl or cyclic N) is 1. The van der Waals surface area contributed by atoms with Crippen molar-refractivity contribution in [2.75, 3.05) is 24.7 Å². The van der Waals surface area contributed by atoms with Gasteiger partial charge in [0.05, 0.1) is 22.7 Å². The quantitative estimate of drug-likeness (QED) is 0.448. The van der Waals surface area contributed by atoms with E-state index in [-0.39, 0.29) is 13.2 Å². The van der Waals surface area contributed by atoms with Crippen LogP contribution in [0, 0.1) is 0 Å². The lowest BCUT2D eigenvalue weighted by Gasteiger charge is -2.18. The van der Waals surface area contributed by atoms with Crippen LogP contribution < -0.4 is 9.47 Å². The molecule has 1 aliphatic heterocycles. The van der Waals surface area contributed by atoms with E-state index in [0.717, 1.165) is 27.2 Å². The number of aliphatic hydroxyl groups excluding tert-OH is 2. The Bertz CT molecular complexity index is 1120. The Kier molecular flexibility index (Phi) is 6.64. The molecule has 152 valence electrons. The Balaban J connectivity index is 1.52. The van der Waals surface area contributed by atoms with Crippen molar-refractivity contribution in [1.29, 1.82) is 0 Å². The Labute approximate surface area is 181 Å². The van der Waals surface area contributed by atoms with Gasteiger partial charge in [-0.3, -0.25) is 0 Å². The van der Waals surface area contributed by atoms with Crippen LogP contribution in [-0.4, -0.2) is 30.0 Å². The summed E-state index contributed by atoms with van der Waals surface area (Å²) < 4.78 is 2.07. The maximum Gasteiger partial charge on any atom is 0.213 e. The number of hydrogen-bond donors (Lipinski definition) is 2. The lowest BCUT2D eigenvalue weighted by atomic mass is 10.1. The number of allylic oxidation sites excluding steroid dienone is 4. The van der Waals surface area contributed by atoms with Gasteiger partial charge in [0.2, 0.25) is 5.52 Å². The fourth-order valence-corrected chi connectivity index (χ4v) is 4.73. The van der Waals surface area contributed by atoms with Gasteiger partial charge in [-0.05, 0) is 29.8 Å². The van der Waals surface area contributed by atoms with E-state index in [1.807, 2.05) is 48.7 Å². The molecule has 4 rings (SSSR count). The SMILES string of the molecule is OCCN1\C(=C/C=C\C=C\c2cc[n+](CCO)c3ccccc23)Sc2ccccc21. The average molecular weight is 418 g/mol. The molecule has 0 unspecified atom stereocenters. The van der Waals surface area contributed by atoms with Crippen LogP contribution in [0.25, 0.3) is 17.0 Å². The van der Waals surface area contributed by atoms with Crippen molar-refractivity contribution >= 4 is 34.4 Å². The molecule has 1 aliphatic rings. The first-order valence-corrected chi connectivity index (χ1v) is 10.9. The molecule has 2 aromatic carbocycles. The van der Waals surface area contributed by atoms with E-state index in [9.17, 15) is 10.2 Å². The van der Waals surface area contributed by atoms with Gasteiger partial charge in [0.1, 0.15) is 6.61 Å². The number of fused-ring (bicyclic) bond motifs is 2. The fraction of sp³-hybridized carbons (Fsp3) is 0.160. The smallest absolute Gasteiger partial charge is 0.213 e. The van der Waals surface area contributed by atoms with Crippen LogP contribution in [0.5, 0.6) is 0 Å². The molecule has 2 N–H and O–H groups in total. The van der Waals surface area contributed by atoms with Gasteiger partial charge in [-0.15, -0.1) is 0 Å². The van der Waals surface area contributed by atoms with Gasteiger partial charge in [0.15, 0.2) is 12.7 Å². The van der Waals surface area contributed by atoms with Gasteiger partial charge in [0, 0.05) is 23.6 Å². The summed E-state index contributed by atoms with van der Waals surface area (Å²) in [6, 6.07) is 18.6. The van der Waals surface area contributed by atoms with Crippen molar-refractivity contribution in [3.63, 3.8) is 0 Å². The summed E-state index contributed by atoms with van der Waals surface area (Å²) in [6.07, 6.45) is 12.3. The van der Waals surface area contributed by atoms with E-state index in [2.05, 4.69) is 52.0 Å². The third-order valence-electron chi connectivity index (χ3n) is 5.00. The number of anilines is 1. The van der Waals surface area contributed by atoms with Gasteiger partial charge in [-0.1, -0.05) is 60.3 Å². The number of hydrogen-bond acceptors (Lipinski definition) is 4. The third kappa shape index (κ3) is 4.33. The number of rotatable bonds is 7. The lowest BCUT2D eigenvalue weighted by molar-refractivity contribution is -0.672. The van der Waals surface area contributed by atoms with Gasteiger partial charge < -0.3 is 15.1 Å². The molecule has 3 aromatic rings. The number of para-hydroxylation sites is 2. The summed E-state index contributed by atoms with van der Waals surface area (Å²) in [5, 5.41) is 21.0. The summed E-state index contributed by atoms with van der Waals surface area (Å²) in [4.78, 5) is 3.37. The maximum absolute atomic E-state index is 9.42. The monoisotopic (exact) mass is 417 g/mol. The molecule has 0 aliphatic carbocycles. The summed E-state index contributed by atoms with van der Waals surface area (Å²) in [7, 11) is 0. The molecular weight excluding hydrogens is 392 g/mol. The van der Waals surface area contributed by atoms with E-state index >= 15 is 0 Å². The standard InChI is InChI=1S/C25H25N2O2S/c28-18-16-26-15-14-20(21-9-4-5-10-22(21)26)8-2-1-3-13-25-27(17-19-29)23-11-6-7-12-24(23)30-25/h1-15,28-29H,16-19H2/q+1. The molecule has 0 saturated carbocycles. The fourth-order valence-electron chi connectivity index (χ4n) is 3.63. The van der Waals surface area contributed by atoms with Crippen molar-refractivity contribution in [3.05, 3.63) is 95.7 Å². The number of aromatic nitrogens is 1. The van der Waals surface area contributed by atoms with E-state index in [4.69, 9.17) is 0 Å². The van der Waals surface area contributed by atoms with Gasteiger partial charge >= 0.3 is 0 Å².